The fourth-order valence-electron chi connectivity index (χ4n) is 2.39. The number of amides is 1. The molecule has 0 aromatic heterocycles. The van der Waals surface area contributed by atoms with Crippen molar-refractivity contribution in [3.63, 3.8) is 0 Å². The number of carbonyl (C=O) groups is 1. The Morgan fingerprint density at radius 2 is 2.00 bits per heavy atom. The quantitative estimate of drug-likeness (QED) is 0.886. The molecule has 1 amide bonds. The lowest BCUT2D eigenvalue weighted by Crippen LogP contribution is -2.33. The Bertz CT molecular complexity index is 499. The van der Waals surface area contributed by atoms with E-state index >= 15 is 0 Å². The standard InChI is InChI=1S/C14H19F2N3O/c1-19-4-2-9(3-5-19)8-18-13-6-10(14(17)20)11(15)7-12(13)16/h6-7,9,18H,2-5,8H2,1H3,(H2,17,20). The Morgan fingerprint density at radius 3 is 2.60 bits per heavy atom. The summed E-state index contributed by atoms with van der Waals surface area (Å²) in [5, 5.41) is 2.95. The van der Waals surface area contributed by atoms with Gasteiger partial charge in [0.2, 0.25) is 0 Å². The second-order valence-corrected chi connectivity index (χ2v) is 5.30. The van der Waals surface area contributed by atoms with Crippen molar-refractivity contribution >= 4 is 11.6 Å². The van der Waals surface area contributed by atoms with Gasteiger partial charge >= 0.3 is 0 Å². The average Bonchev–Trinajstić information content (AvgIpc) is 2.39. The van der Waals surface area contributed by atoms with Crippen LogP contribution in [0.2, 0.25) is 0 Å². The van der Waals surface area contributed by atoms with Gasteiger partial charge in [-0.15, -0.1) is 0 Å². The number of benzene rings is 1. The highest BCUT2D eigenvalue weighted by Crippen LogP contribution is 2.22. The number of likely N-dealkylation sites (tertiary alicyclic amines) is 1. The SMILES string of the molecule is CN1CCC(CNc2cc(C(N)=O)c(F)cc2F)CC1. The van der Waals surface area contributed by atoms with Crippen molar-refractivity contribution in [3.05, 3.63) is 29.3 Å². The second-order valence-electron chi connectivity index (χ2n) is 5.30. The molecule has 0 atom stereocenters. The van der Waals surface area contributed by atoms with E-state index in [4.69, 9.17) is 5.73 Å². The second kappa shape index (κ2) is 6.17. The molecule has 2 rings (SSSR count). The first-order valence-corrected chi connectivity index (χ1v) is 6.68. The van der Waals surface area contributed by atoms with Crippen LogP contribution in [-0.2, 0) is 0 Å². The van der Waals surface area contributed by atoms with Gasteiger partial charge in [0.15, 0.2) is 0 Å². The van der Waals surface area contributed by atoms with Gasteiger partial charge in [-0.25, -0.2) is 8.78 Å². The number of nitrogens with zero attached hydrogens (tertiary/aromatic N) is 1. The largest absolute Gasteiger partial charge is 0.382 e. The molecular formula is C14H19F2N3O. The summed E-state index contributed by atoms with van der Waals surface area (Å²) >= 11 is 0. The number of nitrogens with two attached hydrogens (primary N) is 1. The number of nitrogens with one attached hydrogen (secondary N) is 1. The molecule has 0 saturated carbocycles. The van der Waals surface area contributed by atoms with Gasteiger partial charge < -0.3 is 16.0 Å². The number of carbonyl (C=O) groups excluding carboxylic acids is 1. The van der Waals surface area contributed by atoms with Crippen LogP contribution in [0.25, 0.3) is 0 Å². The van der Waals surface area contributed by atoms with Crippen LogP contribution >= 0.6 is 0 Å². The summed E-state index contributed by atoms with van der Waals surface area (Å²) in [4.78, 5) is 13.3. The molecule has 110 valence electrons. The van der Waals surface area contributed by atoms with Crippen LogP contribution in [0.1, 0.15) is 23.2 Å². The number of halogens is 2. The van der Waals surface area contributed by atoms with Crippen LogP contribution in [-0.4, -0.2) is 37.5 Å². The number of rotatable bonds is 4. The van der Waals surface area contributed by atoms with Crippen molar-refractivity contribution in [2.75, 3.05) is 32.0 Å². The van der Waals surface area contributed by atoms with Crippen LogP contribution in [0.4, 0.5) is 14.5 Å². The molecular weight excluding hydrogens is 264 g/mol. The van der Waals surface area contributed by atoms with Crippen LogP contribution in [0.5, 0.6) is 0 Å². The molecule has 1 aromatic carbocycles. The minimum absolute atomic E-state index is 0.124. The van der Waals surface area contributed by atoms with E-state index in [1.807, 2.05) is 0 Å². The molecule has 20 heavy (non-hydrogen) atoms. The van der Waals surface area contributed by atoms with E-state index in [1.54, 1.807) is 0 Å². The maximum Gasteiger partial charge on any atom is 0.251 e. The monoisotopic (exact) mass is 283 g/mol. The summed E-state index contributed by atoms with van der Waals surface area (Å²) in [5.74, 6) is -2.09. The van der Waals surface area contributed by atoms with Crippen LogP contribution in [0, 0.1) is 17.6 Å². The van der Waals surface area contributed by atoms with Gasteiger partial charge in [-0.05, 0) is 45.0 Å². The smallest absolute Gasteiger partial charge is 0.251 e. The predicted octanol–water partition coefficient (Wildman–Crippen LogP) is 1.82. The predicted molar refractivity (Wildman–Crippen MR) is 73.6 cm³/mol. The molecule has 0 spiro atoms. The van der Waals surface area contributed by atoms with Crippen LogP contribution in [0.3, 0.4) is 0 Å². The normalized spacial score (nSPS) is 17.1. The molecule has 4 nitrogen and oxygen atoms in total. The molecule has 6 heteroatoms. The summed E-state index contributed by atoms with van der Waals surface area (Å²) in [6.07, 6.45) is 2.07. The molecule has 1 aliphatic heterocycles. The Balaban J connectivity index is 2.02. The number of hydrogen-bond donors (Lipinski definition) is 2. The first-order valence-electron chi connectivity index (χ1n) is 6.68. The Kier molecular flexibility index (Phi) is 4.54. The molecule has 1 aliphatic rings. The van der Waals surface area contributed by atoms with Crippen molar-refractivity contribution < 1.29 is 13.6 Å². The zero-order chi connectivity index (χ0) is 14.7. The number of primary amides is 1. The third-order valence-corrected chi connectivity index (χ3v) is 3.74. The fraction of sp³-hybridized carbons (Fsp3) is 0.500. The third kappa shape index (κ3) is 3.45. The lowest BCUT2D eigenvalue weighted by molar-refractivity contribution is 0.0996. The van der Waals surface area contributed by atoms with Crippen molar-refractivity contribution in [1.82, 2.24) is 4.90 Å². The number of anilines is 1. The maximum atomic E-state index is 13.6. The van der Waals surface area contributed by atoms with Gasteiger partial charge in [-0.3, -0.25) is 4.79 Å². The summed E-state index contributed by atoms with van der Waals surface area (Å²) < 4.78 is 27.0. The summed E-state index contributed by atoms with van der Waals surface area (Å²) in [5.41, 5.74) is 4.88. The average molecular weight is 283 g/mol. The Hall–Kier alpha value is -1.69. The van der Waals surface area contributed by atoms with E-state index in [9.17, 15) is 13.6 Å². The maximum absolute atomic E-state index is 13.6. The lowest BCUT2D eigenvalue weighted by atomic mass is 9.97. The molecule has 0 unspecified atom stereocenters. The van der Waals surface area contributed by atoms with E-state index in [-0.39, 0.29) is 11.3 Å². The first-order chi connectivity index (χ1) is 9.47. The zero-order valence-electron chi connectivity index (χ0n) is 11.5. The van der Waals surface area contributed by atoms with E-state index in [1.165, 1.54) is 0 Å². The molecule has 3 N–H and O–H groups in total. The van der Waals surface area contributed by atoms with Gasteiger partial charge in [0, 0.05) is 12.6 Å². The van der Waals surface area contributed by atoms with Gasteiger partial charge in [-0.2, -0.15) is 0 Å². The molecule has 1 aromatic rings. The minimum atomic E-state index is -0.931. The van der Waals surface area contributed by atoms with Crippen molar-refractivity contribution in [2.24, 2.45) is 11.7 Å². The van der Waals surface area contributed by atoms with Gasteiger partial charge in [-0.1, -0.05) is 0 Å². The molecule has 0 aliphatic carbocycles. The minimum Gasteiger partial charge on any atom is -0.382 e. The van der Waals surface area contributed by atoms with Crippen molar-refractivity contribution in [2.45, 2.75) is 12.8 Å². The molecule has 0 bridgehead atoms. The third-order valence-electron chi connectivity index (χ3n) is 3.74. The summed E-state index contributed by atoms with van der Waals surface area (Å²) in [6.45, 7) is 2.64. The fourth-order valence-corrected chi connectivity index (χ4v) is 2.39. The van der Waals surface area contributed by atoms with E-state index < -0.39 is 17.5 Å². The van der Waals surface area contributed by atoms with Crippen molar-refractivity contribution in [1.29, 1.82) is 0 Å². The lowest BCUT2D eigenvalue weighted by Gasteiger charge is -2.29. The molecule has 1 fully saturated rings. The topological polar surface area (TPSA) is 58.4 Å². The molecule has 1 heterocycles. The zero-order valence-corrected chi connectivity index (χ0v) is 11.5. The molecule has 0 radical (unpaired) electrons. The number of hydrogen-bond acceptors (Lipinski definition) is 3. The van der Waals surface area contributed by atoms with Gasteiger partial charge in [0.25, 0.3) is 5.91 Å². The molecule has 1 saturated heterocycles. The number of piperidine rings is 1. The summed E-state index contributed by atoms with van der Waals surface area (Å²) in [7, 11) is 2.07. The Labute approximate surface area is 116 Å². The van der Waals surface area contributed by atoms with E-state index in [0.29, 0.717) is 18.5 Å². The van der Waals surface area contributed by atoms with Crippen LogP contribution < -0.4 is 11.1 Å². The van der Waals surface area contributed by atoms with Crippen molar-refractivity contribution in [3.8, 4) is 0 Å². The van der Waals surface area contributed by atoms with E-state index in [2.05, 4.69) is 17.3 Å². The van der Waals surface area contributed by atoms with Gasteiger partial charge in [0.05, 0.1) is 11.3 Å². The highest BCUT2D eigenvalue weighted by Gasteiger charge is 2.18. The van der Waals surface area contributed by atoms with Crippen LogP contribution in [0.15, 0.2) is 12.1 Å². The first kappa shape index (κ1) is 14.7. The summed E-state index contributed by atoms with van der Waals surface area (Å²) in [6, 6.07) is 1.83. The van der Waals surface area contributed by atoms with E-state index in [0.717, 1.165) is 32.0 Å². The highest BCUT2D eigenvalue weighted by molar-refractivity contribution is 5.94. The van der Waals surface area contributed by atoms with Gasteiger partial charge in [0.1, 0.15) is 11.6 Å². The Morgan fingerprint density at radius 1 is 1.35 bits per heavy atom. The highest BCUT2D eigenvalue weighted by atomic mass is 19.1.